The average molecular weight is 523 g/mol. The van der Waals surface area contributed by atoms with E-state index in [2.05, 4.69) is 9.88 Å². The van der Waals surface area contributed by atoms with E-state index >= 15 is 0 Å². The summed E-state index contributed by atoms with van der Waals surface area (Å²) < 4.78 is 33.4. The molecule has 0 radical (unpaired) electrons. The number of carbonyl (C=O) groups excluding carboxylic acids is 1. The maximum Gasteiger partial charge on any atom is 0.260 e. The van der Waals surface area contributed by atoms with Crippen molar-refractivity contribution < 1.29 is 17.9 Å². The second kappa shape index (κ2) is 10.7. The molecule has 11 heteroatoms. The van der Waals surface area contributed by atoms with E-state index in [1.807, 2.05) is 26.2 Å². The number of thiazole rings is 1. The highest BCUT2D eigenvalue weighted by Gasteiger charge is 2.27. The molecule has 1 aliphatic rings. The number of carbonyl (C=O) groups is 1. The van der Waals surface area contributed by atoms with E-state index in [0.717, 1.165) is 23.2 Å². The molecule has 4 rings (SSSR count). The summed E-state index contributed by atoms with van der Waals surface area (Å²) in [5, 5.41) is 1.20. The molecule has 0 unspecified atom stereocenters. The highest BCUT2D eigenvalue weighted by molar-refractivity contribution is 7.89. The van der Waals surface area contributed by atoms with Gasteiger partial charge >= 0.3 is 0 Å². The Kier molecular flexibility index (Phi) is 7.86. The summed E-state index contributed by atoms with van der Waals surface area (Å²) in [6.07, 6.45) is 0.763. The predicted molar refractivity (Wildman–Crippen MR) is 135 cm³/mol. The number of sulfonamides is 1. The largest absolute Gasteiger partial charge is 0.379 e. The molecule has 0 atom stereocenters. The molecule has 2 aromatic carbocycles. The van der Waals surface area contributed by atoms with Gasteiger partial charge in [0.1, 0.15) is 0 Å². The fourth-order valence-corrected chi connectivity index (χ4v) is 6.37. The fourth-order valence-electron chi connectivity index (χ4n) is 3.69. The Morgan fingerprint density at radius 1 is 1.12 bits per heavy atom. The number of hydrogen-bond donors (Lipinski definition) is 0. The molecule has 182 valence electrons. The number of anilines is 1. The topological polar surface area (TPSA) is 83.1 Å². The van der Waals surface area contributed by atoms with Crippen LogP contribution in [0.25, 0.3) is 10.2 Å². The first-order valence-corrected chi connectivity index (χ1v) is 13.6. The molecule has 1 aromatic heterocycles. The molecule has 0 bridgehead atoms. The van der Waals surface area contributed by atoms with Crippen LogP contribution in [-0.2, 0) is 14.8 Å². The SMILES string of the molecule is CN(C)CCCN(C(=O)c1ccc(S(=O)(=O)N2CCOCC2)cc1)c1nc2ccc(Cl)cc2s1. The van der Waals surface area contributed by atoms with Gasteiger partial charge in [-0.15, -0.1) is 0 Å². The first kappa shape index (κ1) is 25.0. The number of nitrogens with zero attached hydrogens (tertiary/aromatic N) is 4. The third kappa shape index (κ3) is 5.59. The molecule has 1 aliphatic heterocycles. The molecule has 34 heavy (non-hydrogen) atoms. The smallest absolute Gasteiger partial charge is 0.260 e. The van der Waals surface area contributed by atoms with Crippen molar-refractivity contribution in [1.29, 1.82) is 0 Å². The van der Waals surface area contributed by atoms with Crippen molar-refractivity contribution >= 4 is 54.2 Å². The summed E-state index contributed by atoms with van der Waals surface area (Å²) >= 11 is 7.53. The zero-order chi connectivity index (χ0) is 24.3. The molecule has 0 aliphatic carbocycles. The van der Waals surface area contributed by atoms with Gasteiger partial charge in [0.2, 0.25) is 10.0 Å². The number of hydrogen-bond acceptors (Lipinski definition) is 7. The molecule has 2 heterocycles. The van der Waals surface area contributed by atoms with Gasteiger partial charge < -0.3 is 9.64 Å². The van der Waals surface area contributed by atoms with E-state index in [-0.39, 0.29) is 10.8 Å². The van der Waals surface area contributed by atoms with Crippen molar-refractivity contribution in [1.82, 2.24) is 14.2 Å². The summed E-state index contributed by atoms with van der Waals surface area (Å²) in [5.74, 6) is -0.223. The number of halogens is 1. The van der Waals surface area contributed by atoms with Crippen LogP contribution in [0.2, 0.25) is 5.02 Å². The van der Waals surface area contributed by atoms with Gasteiger partial charge in [-0.05, 0) is 69.5 Å². The predicted octanol–water partition coefficient (Wildman–Crippen LogP) is 3.57. The van der Waals surface area contributed by atoms with Crippen LogP contribution in [-0.4, -0.2) is 82.0 Å². The number of benzene rings is 2. The van der Waals surface area contributed by atoms with E-state index in [4.69, 9.17) is 16.3 Å². The lowest BCUT2D eigenvalue weighted by Gasteiger charge is -2.26. The second-order valence-corrected chi connectivity index (χ2v) is 11.6. The first-order chi connectivity index (χ1) is 16.3. The van der Waals surface area contributed by atoms with Crippen LogP contribution in [0.3, 0.4) is 0 Å². The molecular formula is C23H27ClN4O4S2. The van der Waals surface area contributed by atoms with E-state index < -0.39 is 10.0 Å². The Hall–Kier alpha value is -2.08. The van der Waals surface area contributed by atoms with Gasteiger partial charge in [-0.2, -0.15) is 4.31 Å². The second-order valence-electron chi connectivity index (χ2n) is 8.26. The van der Waals surface area contributed by atoms with E-state index in [1.54, 1.807) is 23.1 Å². The van der Waals surface area contributed by atoms with Gasteiger partial charge in [0.05, 0.1) is 28.3 Å². The van der Waals surface area contributed by atoms with Crippen LogP contribution in [0.5, 0.6) is 0 Å². The van der Waals surface area contributed by atoms with Crippen LogP contribution in [0.4, 0.5) is 5.13 Å². The fraction of sp³-hybridized carbons (Fsp3) is 0.391. The third-order valence-electron chi connectivity index (χ3n) is 5.51. The Morgan fingerprint density at radius 2 is 1.82 bits per heavy atom. The van der Waals surface area contributed by atoms with Crippen LogP contribution < -0.4 is 4.90 Å². The zero-order valence-corrected chi connectivity index (χ0v) is 21.5. The summed E-state index contributed by atoms with van der Waals surface area (Å²) in [6.45, 7) is 2.71. The molecule has 3 aromatic rings. The summed E-state index contributed by atoms with van der Waals surface area (Å²) in [4.78, 5) is 22.0. The zero-order valence-electron chi connectivity index (χ0n) is 19.1. The number of amides is 1. The number of rotatable bonds is 8. The van der Waals surface area contributed by atoms with Crippen LogP contribution in [0.15, 0.2) is 47.4 Å². The standard InChI is InChI=1S/C23H27ClN4O4S2/c1-26(2)10-3-11-28(23-25-20-9-6-18(24)16-21(20)33-23)22(29)17-4-7-19(8-5-17)34(30,31)27-12-14-32-15-13-27/h4-9,16H,3,10-15H2,1-2H3. The molecule has 1 saturated heterocycles. The van der Waals surface area contributed by atoms with Crippen molar-refractivity contribution in [2.24, 2.45) is 0 Å². The minimum atomic E-state index is -3.62. The van der Waals surface area contributed by atoms with Gasteiger partial charge in [0, 0.05) is 30.2 Å². The average Bonchev–Trinajstić information content (AvgIpc) is 3.24. The van der Waals surface area contributed by atoms with Gasteiger partial charge in [-0.25, -0.2) is 13.4 Å². The van der Waals surface area contributed by atoms with Crippen molar-refractivity contribution in [2.45, 2.75) is 11.3 Å². The highest BCUT2D eigenvalue weighted by atomic mass is 35.5. The molecule has 0 spiro atoms. The van der Waals surface area contributed by atoms with Crippen molar-refractivity contribution in [3.63, 3.8) is 0 Å². The van der Waals surface area contributed by atoms with Crippen LogP contribution in [0.1, 0.15) is 16.8 Å². The highest BCUT2D eigenvalue weighted by Crippen LogP contribution is 2.32. The van der Waals surface area contributed by atoms with Crippen LogP contribution in [0, 0.1) is 0 Å². The monoisotopic (exact) mass is 522 g/mol. The number of fused-ring (bicyclic) bond motifs is 1. The lowest BCUT2D eigenvalue weighted by Crippen LogP contribution is -2.40. The maximum absolute atomic E-state index is 13.5. The third-order valence-corrected chi connectivity index (χ3v) is 8.70. The number of ether oxygens (including phenoxy) is 1. The number of aromatic nitrogens is 1. The minimum absolute atomic E-state index is 0.166. The normalized spacial score (nSPS) is 15.2. The Bertz CT molecular complexity index is 1260. The first-order valence-electron chi connectivity index (χ1n) is 11.0. The van der Waals surface area contributed by atoms with Crippen molar-refractivity contribution in [3.05, 3.63) is 53.1 Å². The van der Waals surface area contributed by atoms with E-state index in [0.29, 0.717) is 48.6 Å². The van der Waals surface area contributed by atoms with Crippen molar-refractivity contribution in [2.75, 3.05) is 58.4 Å². The van der Waals surface area contributed by atoms with Crippen LogP contribution >= 0.6 is 22.9 Å². The minimum Gasteiger partial charge on any atom is -0.379 e. The van der Waals surface area contributed by atoms with E-state index in [1.165, 1.54) is 27.8 Å². The molecule has 0 N–H and O–H groups in total. The molecular weight excluding hydrogens is 496 g/mol. The van der Waals surface area contributed by atoms with Gasteiger partial charge in [0.25, 0.3) is 5.91 Å². The Labute approximate surface area is 208 Å². The van der Waals surface area contributed by atoms with E-state index in [9.17, 15) is 13.2 Å². The summed E-state index contributed by atoms with van der Waals surface area (Å²) in [6, 6.07) is 11.6. The quantitative estimate of drug-likeness (QED) is 0.450. The summed E-state index contributed by atoms with van der Waals surface area (Å²) in [7, 11) is 0.349. The molecule has 8 nitrogen and oxygen atoms in total. The van der Waals surface area contributed by atoms with Gasteiger partial charge in [-0.1, -0.05) is 22.9 Å². The Balaban J connectivity index is 1.60. The molecule has 1 fully saturated rings. The van der Waals surface area contributed by atoms with Crippen molar-refractivity contribution in [3.8, 4) is 0 Å². The Morgan fingerprint density at radius 3 is 2.50 bits per heavy atom. The van der Waals surface area contributed by atoms with Gasteiger partial charge in [0.15, 0.2) is 5.13 Å². The maximum atomic E-state index is 13.5. The number of morpholine rings is 1. The lowest BCUT2D eigenvalue weighted by molar-refractivity contribution is 0.0730. The molecule has 0 saturated carbocycles. The van der Waals surface area contributed by atoms with Gasteiger partial charge in [-0.3, -0.25) is 9.69 Å². The molecule has 1 amide bonds. The lowest BCUT2D eigenvalue weighted by atomic mass is 10.2. The summed E-state index contributed by atoms with van der Waals surface area (Å²) in [5.41, 5.74) is 1.19.